The van der Waals surface area contributed by atoms with Crippen molar-refractivity contribution >= 4 is 23.5 Å². The van der Waals surface area contributed by atoms with Crippen molar-refractivity contribution in [3.8, 4) is 0 Å². The Morgan fingerprint density at radius 3 is 2.57 bits per heavy atom. The van der Waals surface area contributed by atoms with E-state index in [0.29, 0.717) is 18.8 Å². The van der Waals surface area contributed by atoms with E-state index < -0.39 is 17.8 Å². The van der Waals surface area contributed by atoms with Crippen molar-refractivity contribution < 1.29 is 19.1 Å². The number of benzene rings is 2. The third kappa shape index (κ3) is 5.19. The SMILES string of the molecule is Cc1ccc(CN2C[C@@H](C(=O)OCC(=O)Nc3cccc(C)c3)CC2=O)cc1. The molecule has 1 aliphatic rings. The first-order valence-electron chi connectivity index (χ1n) is 9.27. The molecule has 1 fully saturated rings. The Bertz CT molecular complexity index is 876. The van der Waals surface area contributed by atoms with Gasteiger partial charge in [0.25, 0.3) is 5.91 Å². The molecule has 0 saturated carbocycles. The number of nitrogens with zero attached hydrogens (tertiary/aromatic N) is 1. The summed E-state index contributed by atoms with van der Waals surface area (Å²) in [5.74, 6) is -1.53. The highest BCUT2D eigenvalue weighted by Gasteiger charge is 2.35. The molecule has 2 amide bonds. The van der Waals surface area contributed by atoms with Gasteiger partial charge in [-0.3, -0.25) is 14.4 Å². The van der Waals surface area contributed by atoms with Gasteiger partial charge in [-0.2, -0.15) is 0 Å². The van der Waals surface area contributed by atoms with Gasteiger partial charge >= 0.3 is 5.97 Å². The Hall–Kier alpha value is -3.15. The van der Waals surface area contributed by atoms with Crippen LogP contribution in [0.3, 0.4) is 0 Å². The molecule has 6 heteroatoms. The van der Waals surface area contributed by atoms with E-state index in [-0.39, 0.29) is 18.9 Å². The van der Waals surface area contributed by atoms with Crippen LogP contribution < -0.4 is 5.32 Å². The first-order valence-corrected chi connectivity index (χ1v) is 9.27. The lowest BCUT2D eigenvalue weighted by Gasteiger charge is -2.16. The quantitative estimate of drug-likeness (QED) is 0.782. The minimum atomic E-state index is -0.537. The molecule has 0 radical (unpaired) electrons. The molecular formula is C22H24N2O4. The monoisotopic (exact) mass is 380 g/mol. The van der Waals surface area contributed by atoms with Crippen molar-refractivity contribution in [1.82, 2.24) is 4.90 Å². The van der Waals surface area contributed by atoms with Gasteiger partial charge in [0.1, 0.15) is 0 Å². The summed E-state index contributed by atoms with van der Waals surface area (Å²) in [6, 6.07) is 15.3. The van der Waals surface area contributed by atoms with Crippen LogP contribution in [0.2, 0.25) is 0 Å². The fourth-order valence-corrected chi connectivity index (χ4v) is 3.17. The molecule has 0 spiro atoms. The molecule has 6 nitrogen and oxygen atoms in total. The number of ether oxygens (including phenoxy) is 1. The van der Waals surface area contributed by atoms with E-state index in [0.717, 1.165) is 16.7 Å². The molecule has 3 rings (SSSR count). The third-order valence-electron chi connectivity index (χ3n) is 4.69. The Balaban J connectivity index is 1.47. The van der Waals surface area contributed by atoms with Crippen LogP contribution in [0.15, 0.2) is 48.5 Å². The second-order valence-corrected chi connectivity index (χ2v) is 7.19. The zero-order valence-electron chi connectivity index (χ0n) is 16.1. The van der Waals surface area contributed by atoms with Gasteiger partial charge < -0.3 is 15.0 Å². The van der Waals surface area contributed by atoms with Crippen LogP contribution >= 0.6 is 0 Å². The van der Waals surface area contributed by atoms with Crippen LogP contribution in [0.4, 0.5) is 5.69 Å². The van der Waals surface area contributed by atoms with E-state index in [4.69, 9.17) is 4.74 Å². The Morgan fingerprint density at radius 1 is 1.11 bits per heavy atom. The van der Waals surface area contributed by atoms with Crippen LogP contribution in [-0.4, -0.2) is 35.8 Å². The third-order valence-corrected chi connectivity index (χ3v) is 4.69. The number of anilines is 1. The number of likely N-dealkylation sites (tertiary alicyclic amines) is 1. The Labute approximate surface area is 164 Å². The number of esters is 1. The lowest BCUT2D eigenvalue weighted by Crippen LogP contribution is -2.28. The maximum atomic E-state index is 12.3. The van der Waals surface area contributed by atoms with Crippen LogP contribution in [0, 0.1) is 19.8 Å². The van der Waals surface area contributed by atoms with E-state index in [1.807, 2.05) is 56.3 Å². The normalized spacial score (nSPS) is 16.1. The molecule has 1 heterocycles. The molecule has 0 bridgehead atoms. The second-order valence-electron chi connectivity index (χ2n) is 7.19. The molecule has 146 valence electrons. The Morgan fingerprint density at radius 2 is 1.86 bits per heavy atom. The van der Waals surface area contributed by atoms with Gasteiger partial charge in [0.2, 0.25) is 5.91 Å². The molecule has 1 aliphatic heterocycles. The van der Waals surface area contributed by atoms with Gasteiger partial charge in [-0.15, -0.1) is 0 Å². The lowest BCUT2D eigenvalue weighted by atomic mass is 10.1. The smallest absolute Gasteiger partial charge is 0.311 e. The van der Waals surface area contributed by atoms with Crippen LogP contribution in [0.5, 0.6) is 0 Å². The van der Waals surface area contributed by atoms with Gasteiger partial charge in [0, 0.05) is 25.2 Å². The number of hydrogen-bond donors (Lipinski definition) is 1. The first-order chi connectivity index (χ1) is 13.4. The zero-order chi connectivity index (χ0) is 20.1. The zero-order valence-corrected chi connectivity index (χ0v) is 16.1. The second kappa shape index (κ2) is 8.69. The fourth-order valence-electron chi connectivity index (χ4n) is 3.17. The van der Waals surface area contributed by atoms with E-state index in [9.17, 15) is 14.4 Å². The van der Waals surface area contributed by atoms with Crippen LogP contribution in [0.1, 0.15) is 23.1 Å². The maximum absolute atomic E-state index is 12.3. The van der Waals surface area contributed by atoms with E-state index >= 15 is 0 Å². The van der Waals surface area contributed by atoms with Crippen molar-refractivity contribution in [3.05, 3.63) is 65.2 Å². The minimum Gasteiger partial charge on any atom is -0.455 e. The molecule has 1 N–H and O–H groups in total. The number of carbonyl (C=O) groups is 3. The van der Waals surface area contributed by atoms with Crippen molar-refractivity contribution in [2.45, 2.75) is 26.8 Å². The predicted octanol–water partition coefficient (Wildman–Crippen LogP) is 2.83. The molecule has 2 aromatic carbocycles. The standard InChI is InChI=1S/C22H24N2O4/c1-15-6-8-17(9-7-15)12-24-13-18(11-21(24)26)22(27)28-14-20(25)23-19-5-3-4-16(2)10-19/h3-10,18H,11-14H2,1-2H3,(H,23,25)/t18-/m0/s1. The molecular weight excluding hydrogens is 356 g/mol. The molecule has 0 aromatic heterocycles. The summed E-state index contributed by atoms with van der Waals surface area (Å²) in [5.41, 5.74) is 3.85. The van der Waals surface area contributed by atoms with Crippen LogP contribution in [-0.2, 0) is 25.7 Å². The summed E-state index contributed by atoms with van der Waals surface area (Å²) in [6.45, 7) is 4.35. The van der Waals surface area contributed by atoms with Crippen molar-refractivity contribution in [2.24, 2.45) is 5.92 Å². The minimum absolute atomic E-state index is 0.0771. The average Bonchev–Trinajstić information content (AvgIpc) is 3.02. The fraction of sp³-hybridized carbons (Fsp3) is 0.318. The number of aryl methyl sites for hydroxylation is 2. The van der Waals surface area contributed by atoms with E-state index in [2.05, 4.69) is 5.32 Å². The summed E-state index contributed by atoms with van der Waals surface area (Å²) in [7, 11) is 0. The van der Waals surface area contributed by atoms with Crippen LogP contribution in [0.25, 0.3) is 0 Å². The molecule has 1 saturated heterocycles. The highest BCUT2D eigenvalue weighted by Crippen LogP contribution is 2.21. The Kier molecular flexibility index (Phi) is 6.09. The number of amides is 2. The summed E-state index contributed by atoms with van der Waals surface area (Å²) in [5, 5.41) is 2.69. The topological polar surface area (TPSA) is 75.7 Å². The molecule has 28 heavy (non-hydrogen) atoms. The van der Waals surface area contributed by atoms with E-state index in [1.165, 1.54) is 0 Å². The van der Waals surface area contributed by atoms with Gasteiger partial charge in [-0.05, 0) is 37.1 Å². The number of rotatable bonds is 6. The highest BCUT2D eigenvalue weighted by atomic mass is 16.5. The largest absolute Gasteiger partial charge is 0.455 e. The summed E-state index contributed by atoms with van der Waals surface area (Å²) >= 11 is 0. The molecule has 0 aliphatic carbocycles. The molecule has 2 aromatic rings. The van der Waals surface area contributed by atoms with Gasteiger partial charge in [-0.25, -0.2) is 0 Å². The number of carbonyl (C=O) groups excluding carboxylic acids is 3. The molecule has 1 atom stereocenters. The van der Waals surface area contributed by atoms with Gasteiger partial charge in [0.05, 0.1) is 5.92 Å². The average molecular weight is 380 g/mol. The molecule has 0 unspecified atom stereocenters. The van der Waals surface area contributed by atoms with E-state index in [1.54, 1.807) is 11.0 Å². The maximum Gasteiger partial charge on any atom is 0.311 e. The summed E-state index contributed by atoms with van der Waals surface area (Å²) in [6.07, 6.45) is 0.115. The lowest BCUT2D eigenvalue weighted by molar-refractivity contribution is -0.151. The summed E-state index contributed by atoms with van der Waals surface area (Å²) in [4.78, 5) is 38.1. The van der Waals surface area contributed by atoms with Gasteiger partial charge in [-0.1, -0.05) is 42.0 Å². The summed E-state index contributed by atoms with van der Waals surface area (Å²) < 4.78 is 5.12. The number of nitrogens with one attached hydrogen (secondary N) is 1. The van der Waals surface area contributed by atoms with Crippen molar-refractivity contribution in [3.63, 3.8) is 0 Å². The highest BCUT2D eigenvalue weighted by molar-refractivity contribution is 5.93. The van der Waals surface area contributed by atoms with Crippen molar-refractivity contribution in [1.29, 1.82) is 0 Å². The first kappa shape index (κ1) is 19.6. The van der Waals surface area contributed by atoms with Crippen molar-refractivity contribution in [2.75, 3.05) is 18.5 Å². The van der Waals surface area contributed by atoms with Gasteiger partial charge in [0.15, 0.2) is 6.61 Å². The number of hydrogen-bond acceptors (Lipinski definition) is 4. The predicted molar refractivity (Wildman–Crippen MR) is 105 cm³/mol.